The zero-order chi connectivity index (χ0) is 23.0. The number of unbranched alkanes of at least 4 members (excludes halogenated alkanes) is 1. The van der Waals surface area contributed by atoms with Gasteiger partial charge in [0.1, 0.15) is 0 Å². The molecule has 33 heavy (non-hydrogen) atoms. The number of amides is 2. The summed E-state index contributed by atoms with van der Waals surface area (Å²) in [4.78, 5) is 31.9. The number of nitrogens with one attached hydrogen (secondary N) is 2. The van der Waals surface area contributed by atoms with E-state index in [2.05, 4.69) is 51.7 Å². The molecule has 6 heteroatoms. The van der Waals surface area contributed by atoms with Gasteiger partial charge in [0.05, 0.1) is 5.56 Å². The topological polar surface area (TPSA) is 74.3 Å². The van der Waals surface area contributed by atoms with Crippen LogP contribution in [0.2, 0.25) is 0 Å². The largest absolute Gasteiger partial charge is 0.366 e. The van der Waals surface area contributed by atoms with Gasteiger partial charge in [0.2, 0.25) is 5.91 Å². The van der Waals surface area contributed by atoms with E-state index in [1.807, 2.05) is 24.3 Å². The molecule has 0 atom stereocenters. The summed E-state index contributed by atoms with van der Waals surface area (Å²) in [5, 5.41) is 5.95. The van der Waals surface area contributed by atoms with Crippen molar-refractivity contribution in [1.29, 1.82) is 0 Å². The van der Waals surface area contributed by atoms with Gasteiger partial charge in [0.15, 0.2) is 0 Å². The van der Waals surface area contributed by atoms with Gasteiger partial charge in [0.25, 0.3) is 5.91 Å². The summed E-state index contributed by atoms with van der Waals surface area (Å²) in [6, 6.07) is 17.8. The third-order valence-corrected chi connectivity index (χ3v) is 5.93. The Morgan fingerprint density at radius 2 is 1.91 bits per heavy atom. The highest BCUT2D eigenvalue weighted by atomic mass is 16.2. The Kier molecular flexibility index (Phi) is 7.35. The maximum atomic E-state index is 13.3. The molecule has 170 valence electrons. The maximum Gasteiger partial charge on any atom is 0.253 e. The lowest BCUT2D eigenvalue weighted by molar-refractivity contribution is -0.116. The molecule has 6 nitrogen and oxygen atoms in total. The van der Waals surface area contributed by atoms with E-state index in [0.29, 0.717) is 24.2 Å². The number of anilines is 2. The van der Waals surface area contributed by atoms with Gasteiger partial charge in [-0.25, -0.2) is 0 Å². The Morgan fingerprint density at radius 1 is 1.06 bits per heavy atom. The Labute approximate surface area is 195 Å². The maximum absolute atomic E-state index is 13.3. The van der Waals surface area contributed by atoms with Gasteiger partial charge in [0, 0.05) is 49.8 Å². The summed E-state index contributed by atoms with van der Waals surface area (Å²) in [6.07, 6.45) is 6.67. The highest BCUT2D eigenvalue weighted by Crippen LogP contribution is 2.29. The summed E-state index contributed by atoms with van der Waals surface area (Å²) in [5.41, 5.74) is 5.65. The number of carbonyl (C=O) groups excluding carboxylic acids is 2. The highest BCUT2D eigenvalue weighted by molar-refractivity contribution is 6.02. The fourth-order valence-electron chi connectivity index (χ4n) is 4.11. The van der Waals surface area contributed by atoms with Crippen LogP contribution in [0.5, 0.6) is 0 Å². The summed E-state index contributed by atoms with van der Waals surface area (Å²) < 4.78 is 0. The number of rotatable bonds is 8. The zero-order valence-electron chi connectivity index (χ0n) is 19.0. The third-order valence-electron chi connectivity index (χ3n) is 5.93. The Morgan fingerprint density at radius 3 is 2.70 bits per heavy atom. The number of hydrogen-bond acceptors (Lipinski definition) is 4. The van der Waals surface area contributed by atoms with Gasteiger partial charge in [-0.05, 0) is 53.8 Å². The molecule has 2 N–H and O–H groups in total. The van der Waals surface area contributed by atoms with Gasteiger partial charge >= 0.3 is 0 Å². The molecule has 1 aromatic heterocycles. The van der Waals surface area contributed by atoms with Crippen LogP contribution < -0.4 is 15.5 Å². The summed E-state index contributed by atoms with van der Waals surface area (Å²) in [5.74, 6) is -0.199. The second-order valence-electron chi connectivity index (χ2n) is 8.37. The van der Waals surface area contributed by atoms with Gasteiger partial charge < -0.3 is 15.5 Å². The molecule has 1 aliphatic rings. The average molecular weight is 443 g/mol. The van der Waals surface area contributed by atoms with Crippen LogP contribution in [0.1, 0.15) is 53.2 Å². The SMILES string of the molecule is CCCCC(=O)Nc1ccc(N2CCc3ccccc3C2)c(C(=O)NCc2cccnc2)c1. The third kappa shape index (κ3) is 5.77. The molecule has 2 aromatic carbocycles. The van der Waals surface area contributed by atoms with E-state index >= 15 is 0 Å². The fraction of sp³-hybridized carbons (Fsp3) is 0.296. The van der Waals surface area contributed by atoms with Crippen LogP contribution in [-0.4, -0.2) is 23.3 Å². The normalized spacial score (nSPS) is 12.7. The Hall–Kier alpha value is -3.67. The lowest BCUT2D eigenvalue weighted by Gasteiger charge is -2.32. The minimum atomic E-state index is -0.169. The number of hydrogen-bond donors (Lipinski definition) is 2. The van der Waals surface area contributed by atoms with Crippen LogP contribution in [0.15, 0.2) is 67.0 Å². The van der Waals surface area contributed by atoms with Crippen LogP contribution in [0.25, 0.3) is 0 Å². The number of aromatic nitrogens is 1. The quantitative estimate of drug-likeness (QED) is 0.530. The van der Waals surface area contributed by atoms with E-state index < -0.39 is 0 Å². The van der Waals surface area contributed by atoms with Gasteiger partial charge in [-0.2, -0.15) is 0 Å². The van der Waals surface area contributed by atoms with E-state index in [1.54, 1.807) is 18.5 Å². The van der Waals surface area contributed by atoms with Crippen LogP contribution >= 0.6 is 0 Å². The first-order valence-corrected chi connectivity index (χ1v) is 11.6. The number of fused-ring (bicyclic) bond motifs is 1. The Bertz CT molecular complexity index is 1110. The van der Waals surface area contributed by atoms with E-state index in [4.69, 9.17) is 0 Å². The molecule has 4 rings (SSSR count). The van der Waals surface area contributed by atoms with Crippen molar-refractivity contribution >= 4 is 23.2 Å². The smallest absolute Gasteiger partial charge is 0.253 e. The molecule has 0 fully saturated rings. The minimum absolute atomic E-state index is 0.0294. The standard InChI is InChI=1S/C27H30N4O2/c1-2-3-10-26(32)30-23-11-12-25(31-15-13-21-8-4-5-9-22(21)19-31)24(16-23)27(33)29-18-20-7-6-14-28-17-20/h4-9,11-12,14,16-17H,2-3,10,13,15,18-19H2,1H3,(H,29,33)(H,30,32). The van der Waals surface area contributed by atoms with Gasteiger partial charge in [-0.3, -0.25) is 14.6 Å². The van der Waals surface area contributed by atoms with Crippen molar-refractivity contribution in [2.24, 2.45) is 0 Å². The first-order valence-electron chi connectivity index (χ1n) is 11.6. The van der Waals surface area contributed by atoms with Crippen molar-refractivity contribution in [2.75, 3.05) is 16.8 Å². The predicted octanol–water partition coefficient (Wildman–Crippen LogP) is 4.70. The van der Waals surface area contributed by atoms with Crippen molar-refractivity contribution in [3.63, 3.8) is 0 Å². The molecule has 0 saturated carbocycles. The molecular formula is C27H30N4O2. The molecule has 0 saturated heterocycles. The van der Waals surface area contributed by atoms with Crippen molar-refractivity contribution in [2.45, 2.75) is 45.7 Å². The van der Waals surface area contributed by atoms with E-state index in [1.165, 1.54) is 11.1 Å². The van der Waals surface area contributed by atoms with Crippen molar-refractivity contribution < 1.29 is 9.59 Å². The zero-order valence-corrected chi connectivity index (χ0v) is 19.0. The Balaban J connectivity index is 1.58. The molecule has 1 aliphatic heterocycles. The van der Waals surface area contributed by atoms with Crippen LogP contribution in [0.4, 0.5) is 11.4 Å². The molecule has 0 spiro atoms. The molecule has 0 unspecified atom stereocenters. The number of benzene rings is 2. The minimum Gasteiger partial charge on any atom is -0.366 e. The van der Waals surface area contributed by atoms with E-state index in [0.717, 1.165) is 43.6 Å². The lowest BCUT2D eigenvalue weighted by Crippen LogP contribution is -2.33. The average Bonchev–Trinajstić information content (AvgIpc) is 2.86. The van der Waals surface area contributed by atoms with Gasteiger partial charge in [-0.1, -0.05) is 43.7 Å². The number of nitrogens with zero attached hydrogens (tertiary/aromatic N) is 2. The second kappa shape index (κ2) is 10.8. The van der Waals surface area contributed by atoms with Crippen LogP contribution in [0, 0.1) is 0 Å². The van der Waals surface area contributed by atoms with E-state index in [9.17, 15) is 9.59 Å². The molecule has 2 heterocycles. The summed E-state index contributed by atoms with van der Waals surface area (Å²) in [6.45, 7) is 4.04. The highest BCUT2D eigenvalue weighted by Gasteiger charge is 2.22. The first kappa shape index (κ1) is 22.5. The molecular weight excluding hydrogens is 412 g/mol. The molecule has 0 bridgehead atoms. The monoisotopic (exact) mass is 442 g/mol. The van der Waals surface area contributed by atoms with Crippen LogP contribution in [0.3, 0.4) is 0 Å². The van der Waals surface area contributed by atoms with Crippen molar-refractivity contribution in [1.82, 2.24) is 10.3 Å². The van der Waals surface area contributed by atoms with E-state index in [-0.39, 0.29) is 11.8 Å². The van der Waals surface area contributed by atoms with Crippen molar-refractivity contribution in [3.8, 4) is 0 Å². The molecule has 2 amide bonds. The number of pyridine rings is 1. The van der Waals surface area contributed by atoms with Gasteiger partial charge in [-0.15, -0.1) is 0 Å². The van der Waals surface area contributed by atoms with Crippen molar-refractivity contribution in [3.05, 3.63) is 89.2 Å². The molecule has 0 aliphatic carbocycles. The summed E-state index contributed by atoms with van der Waals surface area (Å²) in [7, 11) is 0. The fourth-order valence-corrected chi connectivity index (χ4v) is 4.11. The predicted molar refractivity (Wildman–Crippen MR) is 131 cm³/mol. The lowest BCUT2D eigenvalue weighted by atomic mass is 9.98. The molecule has 0 radical (unpaired) electrons. The molecule has 3 aromatic rings. The first-order chi connectivity index (χ1) is 16.1. The summed E-state index contributed by atoms with van der Waals surface area (Å²) >= 11 is 0. The number of carbonyl (C=O) groups is 2. The van der Waals surface area contributed by atoms with Crippen LogP contribution in [-0.2, 0) is 24.3 Å². The second-order valence-corrected chi connectivity index (χ2v) is 8.37.